The van der Waals surface area contributed by atoms with Crippen LogP contribution in [0.2, 0.25) is 0 Å². The predicted octanol–water partition coefficient (Wildman–Crippen LogP) is 4.76. The minimum Gasteiger partial charge on any atom is -0.348 e. The van der Waals surface area contributed by atoms with Gasteiger partial charge in [-0.25, -0.2) is 0 Å². The third-order valence-corrected chi connectivity index (χ3v) is 9.29. The monoisotopic (exact) mass is 458 g/mol. The fraction of sp³-hybridized carbons (Fsp3) is 0.952. The number of rotatable bonds is 2. The van der Waals surface area contributed by atoms with Gasteiger partial charge in [-0.3, -0.25) is 4.79 Å². The molecule has 1 saturated heterocycles. The molecular formula is C21H31IO3. The quantitative estimate of drug-likeness (QED) is 0.443. The van der Waals surface area contributed by atoms with E-state index in [9.17, 15) is 4.79 Å². The van der Waals surface area contributed by atoms with E-state index < -0.39 is 0 Å². The Morgan fingerprint density at radius 3 is 2.56 bits per heavy atom. The van der Waals surface area contributed by atoms with E-state index in [1.54, 1.807) is 0 Å². The summed E-state index contributed by atoms with van der Waals surface area (Å²) in [6.45, 7) is 1.57. The van der Waals surface area contributed by atoms with Crippen LogP contribution in [-0.4, -0.2) is 29.2 Å². The van der Waals surface area contributed by atoms with E-state index in [-0.39, 0.29) is 11.2 Å². The lowest BCUT2D eigenvalue weighted by Crippen LogP contribution is -2.52. The summed E-state index contributed by atoms with van der Waals surface area (Å²) in [5.74, 6) is 4.44. The minimum absolute atomic E-state index is 0.0722. The first kappa shape index (κ1) is 17.4. The molecular weight excluding hydrogens is 427 g/mol. The molecule has 1 spiro atoms. The van der Waals surface area contributed by atoms with Crippen molar-refractivity contribution in [2.45, 2.75) is 70.0 Å². The van der Waals surface area contributed by atoms with Crippen LogP contribution in [0.5, 0.6) is 0 Å². The van der Waals surface area contributed by atoms with Gasteiger partial charge < -0.3 is 9.47 Å². The number of fused-ring (bicyclic) bond motifs is 5. The predicted molar refractivity (Wildman–Crippen MR) is 105 cm³/mol. The van der Waals surface area contributed by atoms with Crippen molar-refractivity contribution in [3.8, 4) is 0 Å². The van der Waals surface area contributed by atoms with Crippen molar-refractivity contribution in [2.24, 2.45) is 35.0 Å². The summed E-state index contributed by atoms with van der Waals surface area (Å²) < 4.78 is 13.2. The van der Waals surface area contributed by atoms with Crippen LogP contribution in [0, 0.1) is 35.0 Å². The van der Waals surface area contributed by atoms with Gasteiger partial charge in [0.2, 0.25) is 0 Å². The van der Waals surface area contributed by atoms with Crippen molar-refractivity contribution in [3.63, 3.8) is 0 Å². The van der Waals surface area contributed by atoms with E-state index in [1.807, 2.05) is 0 Å². The largest absolute Gasteiger partial charge is 0.348 e. The second-order valence-electron chi connectivity index (χ2n) is 9.38. The first-order valence-electron chi connectivity index (χ1n) is 10.5. The van der Waals surface area contributed by atoms with Crippen molar-refractivity contribution in [1.82, 2.24) is 0 Å². The van der Waals surface area contributed by atoms with Gasteiger partial charge in [0.15, 0.2) is 5.79 Å². The molecule has 25 heavy (non-hydrogen) atoms. The fourth-order valence-electron chi connectivity index (χ4n) is 7.79. The average Bonchev–Trinajstić information content (AvgIpc) is 3.20. The molecule has 1 aliphatic heterocycles. The van der Waals surface area contributed by atoms with Gasteiger partial charge in [-0.1, -0.05) is 22.6 Å². The molecule has 0 bridgehead atoms. The van der Waals surface area contributed by atoms with Gasteiger partial charge in [-0.05, 0) is 74.5 Å². The van der Waals surface area contributed by atoms with E-state index in [4.69, 9.17) is 9.47 Å². The minimum atomic E-state index is -0.225. The number of carbonyl (C=O) groups excluding carboxylic acids is 1. The van der Waals surface area contributed by atoms with Crippen LogP contribution in [0.4, 0.5) is 0 Å². The highest BCUT2D eigenvalue weighted by molar-refractivity contribution is 14.1. The lowest BCUT2D eigenvalue weighted by atomic mass is 9.49. The van der Waals surface area contributed by atoms with Crippen LogP contribution in [-0.2, 0) is 14.3 Å². The molecule has 5 rings (SSSR count). The van der Waals surface area contributed by atoms with Gasteiger partial charge in [0.1, 0.15) is 5.78 Å². The Kier molecular flexibility index (Phi) is 4.49. The van der Waals surface area contributed by atoms with Crippen LogP contribution >= 0.6 is 22.6 Å². The van der Waals surface area contributed by atoms with Crippen molar-refractivity contribution in [2.75, 3.05) is 17.6 Å². The molecule has 4 heteroatoms. The van der Waals surface area contributed by atoms with Crippen LogP contribution in [0.15, 0.2) is 0 Å². The van der Waals surface area contributed by atoms with E-state index in [0.29, 0.717) is 11.7 Å². The van der Waals surface area contributed by atoms with E-state index in [0.717, 1.165) is 67.0 Å². The van der Waals surface area contributed by atoms with Gasteiger partial charge in [-0.2, -0.15) is 0 Å². The van der Waals surface area contributed by atoms with Gasteiger partial charge >= 0.3 is 0 Å². The lowest BCUT2D eigenvalue weighted by Gasteiger charge is -2.56. The van der Waals surface area contributed by atoms with Crippen molar-refractivity contribution < 1.29 is 14.3 Å². The maximum Gasteiger partial charge on any atom is 0.168 e. The smallest absolute Gasteiger partial charge is 0.168 e. The number of Topliss-reactive ketones (excluding diaryl/α,β-unsaturated/α-hetero) is 1. The number of hydrogen-bond donors (Lipinski definition) is 0. The van der Waals surface area contributed by atoms with Crippen molar-refractivity contribution in [1.29, 1.82) is 0 Å². The number of ketones is 1. The molecule has 4 unspecified atom stereocenters. The molecule has 3 nitrogen and oxygen atoms in total. The summed E-state index contributed by atoms with van der Waals surface area (Å²) in [4.78, 5) is 12.8. The summed E-state index contributed by atoms with van der Waals surface area (Å²) in [7, 11) is 0. The van der Waals surface area contributed by atoms with Gasteiger partial charge in [0.05, 0.1) is 13.2 Å². The molecule has 0 radical (unpaired) electrons. The molecule has 140 valence electrons. The Morgan fingerprint density at radius 2 is 1.76 bits per heavy atom. The van der Waals surface area contributed by atoms with E-state index in [1.165, 1.54) is 38.5 Å². The maximum atomic E-state index is 12.8. The Hall–Kier alpha value is 0.320. The summed E-state index contributed by atoms with van der Waals surface area (Å²) in [6, 6.07) is 0. The second kappa shape index (κ2) is 6.44. The zero-order valence-electron chi connectivity index (χ0n) is 15.2. The topological polar surface area (TPSA) is 35.5 Å². The summed E-state index contributed by atoms with van der Waals surface area (Å²) in [5, 5.41) is 0. The summed E-state index contributed by atoms with van der Waals surface area (Å²) >= 11 is 2.49. The van der Waals surface area contributed by atoms with Gasteiger partial charge in [0.25, 0.3) is 0 Å². The zero-order valence-corrected chi connectivity index (χ0v) is 17.3. The number of alkyl halides is 1. The van der Waals surface area contributed by atoms with Crippen molar-refractivity contribution in [3.05, 3.63) is 0 Å². The van der Waals surface area contributed by atoms with Gasteiger partial charge in [-0.15, -0.1) is 0 Å². The van der Waals surface area contributed by atoms with Gasteiger partial charge in [0, 0.05) is 29.1 Å². The average molecular weight is 458 g/mol. The third-order valence-electron chi connectivity index (χ3n) is 8.75. The first-order chi connectivity index (χ1) is 12.2. The highest BCUT2D eigenvalue weighted by Crippen LogP contribution is 2.63. The Bertz CT molecular complexity index is 543. The van der Waals surface area contributed by atoms with Crippen LogP contribution in [0.25, 0.3) is 0 Å². The molecule has 4 saturated carbocycles. The Labute approximate surface area is 165 Å². The molecule has 1 heterocycles. The van der Waals surface area contributed by atoms with E-state index >= 15 is 0 Å². The molecule has 0 amide bonds. The molecule has 0 aromatic rings. The molecule has 0 aromatic carbocycles. The SMILES string of the molecule is O=C1CCC2C3CC[C@H]4CC5(CCC4C3CC[C@]12CCI)OCCO5. The molecule has 5 aliphatic rings. The molecule has 0 N–H and O–H groups in total. The third kappa shape index (κ3) is 2.60. The molecule has 0 aromatic heterocycles. The highest BCUT2D eigenvalue weighted by atomic mass is 127. The van der Waals surface area contributed by atoms with Crippen LogP contribution in [0.1, 0.15) is 64.2 Å². The number of carbonyl (C=O) groups is 1. The highest BCUT2D eigenvalue weighted by Gasteiger charge is 2.59. The van der Waals surface area contributed by atoms with E-state index in [2.05, 4.69) is 22.6 Å². The maximum absolute atomic E-state index is 12.8. The molecule has 6 atom stereocenters. The second-order valence-corrected chi connectivity index (χ2v) is 10.5. The van der Waals surface area contributed by atoms with Crippen LogP contribution < -0.4 is 0 Å². The normalized spacial score (nSPS) is 48.2. The first-order valence-corrected chi connectivity index (χ1v) is 12.1. The Morgan fingerprint density at radius 1 is 0.960 bits per heavy atom. The summed E-state index contributed by atoms with van der Waals surface area (Å²) in [5.41, 5.74) is 0.0722. The number of ether oxygens (including phenoxy) is 2. The standard InChI is InChI=1S/C21H31IO3/c22-10-9-20-7-5-16-15-6-8-21(24-11-12-25-21)13-14(15)1-2-17(16)18(20)3-4-19(20)23/h14-18H,1-13H2/t14-,15?,16?,17?,18?,20+/m0/s1. The van der Waals surface area contributed by atoms with Crippen molar-refractivity contribution >= 4 is 28.4 Å². The molecule has 4 aliphatic carbocycles. The molecule has 5 fully saturated rings. The summed E-state index contributed by atoms with van der Waals surface area (Å²) in [6.07, 6.45) is 11.9. The lowest BCUT2D eigenvalue weighted by molar-refractivity contribution is -0.209. The number of hydrogen-bond acceptors (Lipinski definition) is 3. The fourth-order valence-corrected chi connectivity index (χ4v) is 8.75. The van der Waals surface area contributed by atoms with Crippen LogP contribution in [0.3, 0.4) is 0 Å². The Balaban J connectivity index is 1.36. The number of halogens is 1. The zero-order chi connectivity index (χ0) is 17.1.